The van der Waals surface area contributed by atoms with Gasteiger partial charge in [-0.1, -0.05) is 12.5 Å². The second-order valence-electron chi connectivity index (χ2n) is 9.52. The monoisotopic (exact) mass is 386 g/mol. The Morgan fingerprint density at radius 1 is 1.25 bits per heavy atom. The van der Waals surface area contributed by atoms with Crippen LogP contribution in [0.4, 0.5) is 0 Å². The van der Waals surface area contributed by atoms with Gasteiger partial charge in [0.1, 0.15) is 5.75 Å². The van der Waals surface area contributed by atoms with Crippen LogP contribution in [0, 0.1) is 5.92 Å². The van der Waals surface area contributed by atoms with Gasteiger partial charge in [0.25, 0.3) is 5.91 Å². The third-order valence-electron chi connectivity index (χ3n) is 8.23. The van der Waals surface area contributed by atoms with Crippen molar-refractivity contribution in [3.63, 3.8) is 0 Å². The van der Waals surface area contributed by atoms with E-state index < -0.39 is 23.0 Å². The van der Waals surface area contributed by atoms with Crippen LogP contribution in [-0.4, -0.2) is 57.0 Å². The van der Waals surface area contributed by atoms with Gasteiger partial charge in [-0.15, -0.1) is 0 Å². The number of aliphatic hydroxyl groups excluding tert-OH is 1. The van der Waals surface area contributed by atoms with Crippen LogP contribution in [0.3, 0.4) is 0 Å². The molecule has 1 aromatic carbocycles. The first-order chi connectivity index (χ1) is 13.4. The van der Waals surface area contributed by atoms with Crippen molar-refractivity contribution in [1.29, 1.82) is 0 Å². The fourth-order valence-corrected chi connectivity index (χ4v) is 6.61. The quantitative estimate of drug-likeness (QED) is 0.629. The minimum Gasteiger partial charge on any atom is -0.507 e. The summed E-state index contributed by atoms with van der Waals surface area (Å²) in [7, 11) is 0. The van der Waals surface area contributed by atoms with Crippen molar-refractivity contribution in [2.45, 2.75) is 74.5 Å². The molecule has 6 nitrogen and oxygen atoms in total. The largest absolute Gasteiger partial charge is 0.507 e. The normalized spacial score (nSPS) is 37.6. The van der Waals surface area contributed by atoms with Gasteiger partial charge in [-0.3, -0.25) is 9.69 Å². The number of amides is 1. The predicted octanol–water partition coefficient (Wildman–Crippen LogP) is 1.44. The van der Waals surface area contributed by atoms with Gasteiger partial charge in [-0.25, -0.2) is 0 Å². The van der Waals surface area contributed by atoms with Crippen molar-refractivity contribution in [2.24, 2.45) is 11.7 Å². The first-order valence-electron chi connectivity index (χ1n) is 10.7. The molecule has 28 heavy (non-hydrogen) atoms. The molecule has 1 amide bonds. The lowest BCUT2D eigenvalue weighted by Gasteiger charge is -2.64. The fourth-order valence-electron chi connectivity index (χ4n) is 6.61. The molecule has 4 atom stereocenters. The summed E-state index contributed by atoms with van der Waals surface area (Å²) in [5.41, 5.74) is 5.49. The molecule has 1 saturated heterocycles. The molecule has 5 N–H and O–H groups in total. The van der Waals surface area contributed by atoms with Crippen molar-refractivity contribution < 1.29 is 20.1 Å². The number of nitrogens with two attached hydrogens (primary N) is 1. The number of fused-ring (bicyclic) bond motifs is 1. The highest BCUT2D eigenvalue weighted by Gasteiger charge is 2.65. The van der Waals surface area contributed by atoms with Crippen LogP contribution < -0.4 is 5.73 Å². The molecule has 0 aromatic heterocycles. The first-order valence-corrected chi connectivity index (χ1v) is 10.7. The molecule has 1 aliphatic heterocycles. The predicted molar refractivity (Wildman–Crippen MR) is 104 cm³/mol. The van der Waals surface area contributed by atoms with E-state index in [-0.39, 0.29) is 17.4 Å². The van der Waals surface area contributed by atoms with Gasteiger partial charge in [-0.05, 0) is 69.0 Å². The van der Waals surface area contributed by atoms with Gasteiger partial charge in [0.05, 0.1) is 17.3 Å². The van der Waals surface area contributed by atoms with E-state index in [1.54, 1.807) is 6.07 Å². The number of carbonyl (C=O) groups excluding carboxylic acids is 1. The molecular formula is C22H30N2O4. The molecule has 0 spiro atoms. The number of benzene rings is 1. The summed E-state index contributed by atoms with van der Waals surface area (Å²) in [6, 6.07) is 3.47. The Balaban J connectivity index is 1.65. The van der Waals surface area contributed by atoms with E-state index >= 15 is 0 Å². The number of hydrogen-bond acceptors (Lipinski definition) is 5. The van der Waals surface area contributed by atoms with E-state index in [1.807, 2.05) is 6.07 Å². The maximum Gasteiger partial charge on any atom is 0.252 e. The number of likely N-dealkylation sites (tertiary alicyclic amines) is 1. The van der Waals surface area contributed by atoms with Gasteiger partial charge >= 0.3 is 0 Å². The third-order valence-corrected chi connectivity index (χ3v) is 8.23. The summed E-state index contributed by atoms with van der Waals surface area (Å²) in [4.78, 5) is 14.3. The average Bonchev–Trinajstić information content (AvgIpc) is 2.59. The number of primary amides is 1. The summed E-state index contributed by atoms with van der Waals surface area (Å²) in [6.07, 6.45) is 6.15. The van der Waals surface area contributed by atoms with Crippen molar-refractivity contribution in [3.8, 4) is 5.75 Å². The van der Waals surface area contributed by atoms with Crippen LogP contribution in [0.2, 0.25) is 0 Å². The summed E-state index contributed by atoms with van der Waals surface area (Å²) < 4.78 is 0. The molecule has 2 unspecified atom stereocenters. The molecule has 3 aliphatic carbocycles. The standard InChI is InChI=1S/C22H30N2O4/c23-20(27)16-5-4-14-10-17-22(28)7-6-15(25)11-21(22,18(14)19(16)26)8-9-24(17)12-13-2-1-3-13/h4-5,13,15,17,25-26,28H,1-3,6-12H2,(H2,23,27)/t15?,17?,21-,22-/m1/s1. The zero-order valence-corrected chi connectivity index (χ0v) is 16.2. The zero-order chi connectivity index (χ0) is 19.7. The molecule has 6 heteroatoms. The molecule has 5 rings (SSSR count). The minimum atomic E-state index is -1.00. The van der Waals surface area contributed by atoms with Gasteiger partial charge < -0.3 is 21.1 Å². The molecule has 3 fully saturated rings. The number of aromatic hydroxyl groups is 1. The number of rotatable bonds is 3. The summed E-state index contributed by atoms with van der Waals surface area (Å²) in [5, 5.41) is 33.6. The van der Waals surface area contributed by atoms with Crippen LogP contribution in [0.15, 0.2) is 12.1 Å². The van der Waals surface area contributed by atoms with E-state index in [4.69, 9.17) is 5.73 Å². The second-order valence-corrected chi connectivity index (χ2v) is 9.52. The third kappa shape index (κ3) is 2.34. The van der Waals surface area contributed by atoms with E-state index in [1.165, 1.54) is 19.3 Å². The van der Waals surface area contributed by atoms with Crippen LogP contribution in [0.5, 0.6) is 5.75 Å². The van der Waals surface area contributed by atoms with E-state index in [9.17, 15) is 20.1 Å². The number of hydrogen-bond donors (Lipinski definition) is 4. The zero-order valence-electron chi connectivity index (χ0n) is 16.2. The van der Waals surface area contributed by atoms with Crippen LogP contribution in [-0.2, 0) is 11.8 Å². The van der Waals surface area contributed by atoms with Gasteiger partial charge in [0, 0.05) is 23.6 Å². The minimum absolute atomic E-state index is 0.0133. The number of carbonyl (C=O) groups is 1. The Hall–Kier alpha value is -1.63. The molecule has 4 aliphatic rings. The highest BCUT2D eigenvalue weighted by Crippen LogP contribution is 2.60. The first kappa shape index (κ1) is 18.4. The molecule has 1 aromatic rings. The Morgan fingerprint density at radius 2 is 2.04 bits per heavy atom. The SMILES string of the molecule is NC(=O)c1ccc2c(c1O)[C@]13CCN(CC4CCC4)C(C2)[C@]1(O)CCC(O)C3. The lowest BCUT2D eigenvalue weighted by molar-refractivity contribution is -0.185. The second kappa shape index (κ2) is 6.18. The number of nitrogens with zero attached hydrogens (tertiary/aromatic N) is 1. The van der Waals surface area contributed by atoms with E-state index in [0.717, 1.165) is 24.6 Å². The summed E-state index contributed by atoms with van der Waals surface area (Å²) >= 11 is 0. The Labute approximate surface area is 165 Å². The highest BCUT2D eigenvalue weighted by atomic mass is 16.3. The van der Waals surface area contributed by atoms with Gasteiger partial charge in [0.15, 0.2) is 0 Å². The number of piperidine rings is 1. The molecule has 152 valence electrons. The molecule has 1 heterocycles. The fraction of sp³-hybridized carbons (Fsp3) is 0.682. The maximum absolute atomic E-state index is 12.1. The van der Waals surface area contributed by atoms with E-state index in [0.29, 0.717) is 37.7 Å². The van der Waals surface area contributed by atoms with Crippen LogP contribution >= 0.6 is 0 Å². The van der Waals surface area contributed by atoms with Crippen molar-refractivity contribution in [2.75, 3.05) is 13.1 Å². The Kier molecular flexibility index (Phi) is 4.06. The van der Waals surface area contributed by atoms with Gasteiger partial charge in [-0.2, -0.15) is 0 Å². The van der Waals surface area contributed by atoms with Crippen molar-refractivity contribution in [1.82, 2.24) is 4.90 Å². The number of aliphatic hydroxyl groups is 2. The van der Waals surface area contributed by atoms with Crippen LogP contribution in [0.25, 0.3) is 0 Å². The Morgan fingerprint density at radius 3 is 2.71 bits per heavy atom. The van der Waals surface area contributed by atoms with Crippen LogP contribution in [0.1, 0.15) is 66.4 Å². The topological polar surface area (TPSA) is 107 Å². The highest BCUT2D eigenvalue weighted by molar-refractivity contribution is 5.96. The average molecular weight is 386 g/mol. The molecule has 2 bridgehead atoms. The molecular weight excluding hydrogens is 356 g/mol. The van der Waals surface area contributed by atoms with Gasteiger partial charge in [0.2, 0.25) is 0 Å². The lowest BCUT2D eigenvalue weighted by atomic mass is 9.48. The lowest BCUT2D eigenvalue weighted by Crippen LogP contribution is -2.73. The summed E-state index contributed by atoms with van der Waals surface area (Å²) in [6.45, 7) is 1.86. The van der Waals surface area contributed by atoms with E-state index in [2.05, 4.69) is 4.90 Å². The van der Waals surface area contributed by atoms with Crippen molar-refractivity contribution in [3.05, 3.63) is 28.8 Å². The summed E-state index contributed by atoms with van der Waals surface area (Å²) in [5.74, 6) is -0.0399. The Bertz CT molecular complexity index is 823. The number of phenols is 1. The molecule has 0 radical (unpaired) electrons. The van der Waals surface area contributed by atoms with Crippen molar-refractivity contribution >= 4 is 5.91 Å². The maximum atomic E-state index is 12.1. The smallest absolute Gasteiger partial charge is 0.252 e. The molecule has 2 saturated carbocycles.